The molecule has 2 aromatic rings. The summed E-state index contributed by atoms with van der Waals surface area (Å²) in [6.45, 7) is 6.03. The molecule has 19 heavy (non-hydrogen) atoms. The Bertz CT molecular complexity index is 523. The third-order valence-electron chi connectivity index (χ3n) is 3.03. The van der Waals surface area contributed by atoms with Crippen LogP contribution in [-0.2, 0) is 6.54 Å². The fraction of sp³-hybridized carbons (Fsp3) is 0.312. The summed E-state index contributed by atoms with van der Waals surface area (Å²) in [5.74, 6) is 1.83. The first-order valence-corrected chi connectivity index (χ1v) is 6.79. The molecule has 0 saturated heterocycles. The Labute approximate surface area is 115 Å². The van der Waals surface area contributed by atoms with E-state index < -0.39 is 0 Å². The number of hydrogen-bond acceptors (Lipinski definition) is 3. The molecule has 0 aliphatic carbocycles. The van der Waals surface area contributed by atoms with E-state index in [2.05, 4.69) is 53.7 Å². The minimum Gasteiger partial charge on any atom is -0.370 e. The topological polar surface area (TPSA) is 37.0 Å². The van der Waals surface area contributed by atoms with Crippen LogP contribution in [0.25, 0.3) is 0 Å². The van der Waals surface area contributed by atoms with Gasteiger partial charge in [-0.05, 0) is 36.6 Å². The van der Waals surface area contributed by atoms with E-state index in [0.29, 0.717) is 0 Å². The second-order valence-corrected chi connectivity index (χ2v) is 4.61. The molecule has 0 spiro atoms. The van der Waals surface area contributed by atoms with Crippen molar-refractivity contribution in [2.75, 3.05) is 17.2 Å². The number of aryl methyl sites for hydroxylation is 1. The Hall–Kier alpha value is -2.03. The van der Waals surface area contributed by atoms with E-state index in [-0.39, 0.29) is 0 Å². The van der Waals surface area contributed by atoms with Crippen molar-refractivity contribution < 1.29 is 0 Å². The number of rotatable bonds is 6. The van der Waals surface area contributed by atoms with E-state index in [4.69, 9.17) is 0 Å². The minimum atomic E-state index is 0.802. The summed E-state index contributed by atoms with van der Waals surface area (Å²) in [5.41, 5.74) is 2.60. The van der Waals surface area contributed by atoms with Gasteiger partial charge >= 0.3 is 0 Å². The van der Waals surface area contributed by atoms with Crippen LogP contribution in [0.2, 0.25) is 0 Å². The first-order chi connectivity index (χ1) is 9.29. The molecule has 3 nitrogen and oxygen atoms in total. The largest absolute Gasteiger partial charge is 0.370 e. The smallest absolute Gasteiger partial charge is 0.128 e. The molecular weight excluding hydrogens is 234 g/mol. The Morgan fingerprint density at radius 3 is 2.42 bits per heavy atom. The normalized spacial score (nSPS) is 10.2. The average molecular weight is 255 g/mol. The number of anilines is 2. The summed E-state index contributed by atoms with van der Waals surface area (Å²) in [5, 5.41) is 6.66. The van der Waals surface area contributed by atoms with Crippen molar-refractivity contribution in [2.24, 2.45) is 0 Å². The molecule has 0 unspecified atom stereocenters. The van der Waals surface area contributed by atoms with Crippen LogP contribution >= 0.6 is 0 Å². The van der Waals surface area contributed by atoms with Crippen molar-refractivity contribution in [2.45, 2.75) is 26.8 Å². The van der Waals surface area contributed by atoms with E-state index >= 15 is 0 Å². The van der Waals surface area contributed by atoms with Crippen LogP contribution in [0.3, 0.4) is 0 Å². The quantitative estimate of drug-likeness (QED) is 0.824. The van der Waals surface area contributed by atoms with Gasteiger partial charge in [-0.1, -0.05) is 37.3 Å². The molecule has 3 heteroatoms. The molecule has 0 aliphatic rings. The molecule has 1 heterocycles. The molecule has 2 rings (SSSR count). The molecule has 2 N–H and O–H groups in total. The first kappa shape index (κ1) is 13.4. The van der Waals surface area contributed by atoms with Crippen LogP contribution in [-0.4, -0.2) is 11.5 Å². The first-order valence-electron chi connectivity index (χ1n) is 6.79. The van der Waals surface area contributed by atoms with Gasteiger partial charge in [0, 0.05) is 13.1 Å². The van der Waals surface area contributed by atoms with Crippen molar-refractivity contribution in [3.05, 3.63) is 53.6 Å². The molecule has 0 saturated carbocycles. The number of pyridine rings is 1. The predicted molar refractivity (Wildman–Crippen MR) is 81.5 cm³/mol. The Balaban J connectivity index is 1.98. The van der Waals surface area contributed by atoms with E-state index in [9.17, 15) is 0 Å². The third-order valence-corrected chi connectivity index (χ3v) is 3.03. The van der Waals surface area contributed by atoms with Gasteiger partial charge in [0.05, 0.1) is 0 Å². The molecule has 0 aliphatic heterocycles. The SMILES string of the molecule is CCCNc1cccc(NCc2ccccc2C)n1. The van der Waals surface area contributed by atoms with Crippen LogP contribution in [0, 0.1) is 6.92 Å². The van der Waals surface area contributed by atoms with Crippen LogP contribution < -0.4 is 10.6 Å². The molecule has 0 amide bonds. The van der Waals surface area contributed by atoms with Gasteiger partial charge in [0.1, 0.15) is 11.6 Å². The highest BCUT2D eigenvalue weighted by atomic mass is 15.1. The lowest BCUT2D eigenvalue weighted by Gasteiger charge is -2.10. The molecule has 100 valence electrons. The Morgan fingerprint density at radius 2 is 1.68 bits per heavy atom. The van der Waals surface area contributed by atoms with Gasteiger partial charge in [0.2, 0.25) is 0 Å². The summed E-state index contributed by atoms with van der Waals surface area (Å²) in [6.07, 6.45) is 1.10. The maximum Gasteiger partial charge on any atom is 0.128 e. The molecule has 1 aromatic carbocycles. The molecule has 0 fully saturated rings. The molecule has 0 atom stereocenters. The average Bonchev–Trinajstić information content (AvgIpc) is 2.45. The molecule has 0 radical (unpaired) electrons. The van der Waals surface area contributed by atoms with Gasteiger partial charge in [-0.15, -0.1) is 0 Å². The standard InChI is InChI=1S/C16H21N3/c1-3-11-17-15-9-6-10-16(19-15)18-12-14-8-5-4-7-13(14)2/h4-10H,3,11-12H2,1-2H3,(H2,17,18,19). The maximum absolute atomic E-state index is 4.53. The second kappa shape index (κ2) is 6.78. The summed E-state index contributed by atoms with van der Waals surface area (Å²) >= 11 is 0. The van der Waals surface area contributed by atoms with Crippen molar-refractivity contribution >= 4 is 11.6 Å². The van der Waals surface area contributed by atoms with E-state index in [1.165, 1.54) is 11.1 Å². The van der Waals surface area contributed by atoms with Crippen molar-refractivity contribution in [1.82, 2.24) is 4.98 Å². The molecule has 0 bridgehead atoms. The zero-order valence-electron chi connectivity index (χ0n) is 11.6. The number of aromatic nitrogens is 1. The van der Waals surface area contributed by atoms with Crippen LogP contribution in [0.4, 0.5) is 11.6 Å². The fourth-order valence-corrected chi connectivity index (χ4v) is 1.88. The summed E-state index contributed by atoms with van der Waals surface area (Å²) < 4.78 is 0. The number of nitrogens with zero attached hydrogens (tertiary/aromatic N) is 1. The van der Waals surface area contributed by atoms with E-state index in [1.807, 2.05) is 18.2 Å². The third kappa shape index (κ3) is 3.98. The number of benzene rings is 1. The van der Waals surface area contributed by atoms with E-state index in [1.54, 1.807) is 0 Å². The number of nitrogens with one attached hydrogen (secondary N) is 2. The monoisotopic (exact) mass is 255 g/mol. The highest BCUT2D eigenvalue weighted by molar-refractivity contribution is 5.45. The van der Waals surface area contributed by atoms with Gasteiger partial charge in [-0.2, -0.15) is 0 Å². The predicted octanol–water partition coefficient (Wildman–Crippen LogP) is 3.82. The fourth-order valence-electron chi connectivity index (χ4n) is 1.88. The lowest BCUT2D eigenvalue weighted by Crippen LogP contribution is -2.06. The zero-order chi connectivity index (χ0) is 13.5. The summed E-state index contributed by atoms with van der Waals surface area (Å²) in [6, 6.07) is 14.4. The second-order valence-electron chi connectivity index (χ2n) is 4.61. The van der Waals surface area contributed by atoms with Gasteiger partial charge < -0.3 is 10.6 Å². The van der Waals surface area contributed by atoms with Gasteiger partial charge in [0.25, 0.3) is 0 Å². The van der Waals surface area contributed by atoms with Crippen LogP contribution in [0.5, 0.6) is 0 Å². The van der Waals surface area contributed by atoms with Crippen LogP contribution in [0.15, 0.2) is 42.5 Å². The maximum atomic E-state index is 4.53. The molecular formula is C16H21N3. The highest BCUT2D eigenvalue weighted by Crippen LogP contribution is 2.12. The van der Waals surface area contributed by atoms with Gasteiger partial charge in [0.15, 0.2) is 0 Å². The lowest BCUT2D eigenvalue weighted by molar-refractivity contribution is 0.968. The molecule has 1 aromatic heterocycles. The number of hydrogen-bond donors (Lipinski definition) is 2. The lowest BCUT2D eigenvalue weighted by atomic mass is 10.1. The minimum absolute atomic E-state index is 0.802. The summed E-state index contributed by atoms with van der Waals surface area (Å²) in [7, 11) is 0. The van der Waals surface area contributed by atoms with Crippen molar-refractivity contribution in [1.29, 1.82) is 0 Å². The summed E-state index contributed by atoms with van der Waals surface area (Å²) in [4.78, 5) is 4.53. The Kier molecular flexibility index (Phi) is 4.78. The van der Waals surface area contributed by atoms with Crippen molar-refractivity contribution in [3.8, 4) is 0 Å². The van der Waals surface area contributed by atoms with Gasteiger partial charge in [-0.3, -0.25) is 0 Å². The van der Waals surface area contributed by atoms with Crippen LogP contribution in [0.1, 0.15) is 24.5 Å². The zero-order valence-corrected chi connectivity index (χ0v) is 11.6. The van der Waals surface area contributed by atoms with Crippen molar-refractivity contribution in [3.63, 3.8) is 0 Å². The Morgan fingerprint density at radius 1 is 0.947 bits per heavy atom. The van der Waals surface area contributed by atoms with Gasteiger partial charge in [-0.25, -0.2) is 4.98 Å². The van der Waals surface area contributed by atoms with E-state index in [0.717, 1.165) is 31.1 Å². The highest BCUT2D eigenvalue weighted by Gasteiger charge is 1.99.